The molecule has 0 aromatic heterocycles. The van der Waals surface area contributed by atoms with Gasteiger partial charge in [0.1, 0.15) is 0 Å². The second-order valence-corrected chi connectivity index (χ2v) is 7.21. The molecule has 1 fully saturated rings. The van der Waals surface area contributed by atoms with Crippen LogP contribution >= 0.6 is 0 Å². The molecule has 1 aliphatic heterocycles. The molecule has 0 unspecified atom stereocenters. The number of piperazine rings is 1. The minimum atomic E-state index is -4.57. The van der Waals surface area contributed by atoms with E-state index in [1.165, 1.54) is 23.1 Å². The number of nitrogens with one attached hydrogen (secondary N) is 1. The molecule has 0 spiro atoms. The fraction of sp³-hybridized carbons (Fsp3) is 0.579. The molecule has 0 saturated carbocycles. The van der Waals surface area contributed by atoms with Gasteiger partial charge in [0.15, 0.2) is 0 Å². The maximum atomic E-state index is 13.1. The molecular formula is C19H26F3N3O2. The van der Waals surface area contributed by atoms with Crippen molar-refractivity contribution < 1.29 is 22.8 Å². The van der Waals surface area contributed by atoms with Crippen LogP contribution in [0.15, 0.2) is 24.3 Å². The Hall–Kier alpha value is -2.09. The van der Waals surface area contributed by atoms with Gasteiger partial charge >= 0.3 is 6.18 Å². The SMILES string of the molecule is CC(C)[C@@H](C)NC(=O)CN1CCN(C(=O)c2ccccc2C(F)(F)F)CC1. The predicted octanol–water partition coefficient (Wildman–Crippen LogP) is 2.62. The first-order valence-electron chi connectivity index (χ1n) is 9.06. The summed E-state index contributed by atoms with van der Waals surface area (Å²) in [6.45, 7) is 7.68. The number of carbonyl (C=O) groups is 2. The number of hydrogen-bond acceptors (Lipinski definition) is 3. The van der Waals surface area contributed by atoms with E-state index in [2.05, 4.69) is 5.32 Å². The molecule has 1 aliphatic rings. The van der Waals surface area contributed by atoms with Crippen LogP contribution < -0.4 is 5.32 Å². The summed E-state index contributed by atoms with van der Waals surface area (Å²) in [4.78, 5) is 27.9. The molecule has 27 heavy (non-hydrogen) atoms. The lowest BCUT2D eigenvalue weighted by molar-refractivity contribution is -0.138. The van der Waals surface area contributed by atoms with E-state index in [4.69, 9.17) is 0 Å². The Bertz CT molecular complexity index is 668. The predicted molar refractivity (Wildman–Crippen MR) is 96.2 cm³/mol. The van der Waals surface area contributed by atoms with E-state index < -0.39 is 17.6 Å². The third-order valence-electron chi connectivity index (χ3n) is 4.88. The van der Waals surface area contributed by atoms with Crippen LogP contribution in [0.4, 0.5) is 13.2 Å². The molecule has 0 aliphatic carbocycles. The number of nitrogens with zero attached hydrogens (tertiary/aromatic N) is 2. The van der Waals surface area contributed by atoms with Crippen LogP contribution in [-0.4, -0.2) is 60.4 Å². The van der Waals surface area contributed by atoms with Crippen LogP contribution in [0.2, 0.25) is 0 Å². The first-order chi connectivity index (χ1) is 12.6. The van der Waals surface area contributed by atoms with Crippen molar-refractivity contribution >= 4 is 11.8 Å². The summed E-state index contributed by atoms with van der Waals surface area (Å²) in [5.41, 5.74) is -1.25. The number of benzene rings is 1. The minimum Gasteiger partial charge on any atom is -0.352 e. The standard InChI is InChI=1S/C19H26F3N3O2/c1-13(2)14(3)23-17(26)12-24-8-10-25(11-9-24)18(27)15-6-4-5-7-16(15)19(20,21)22/h4-7,13-14H,8-12H2,1-3H3,(H,23,26)/t14-/m1/s1. The Kier molecular flexibility index (Phi) is 6.86. The normalized spacial score (nSPS) is 17.1. The van der Waals surface area contributed by atoms with Gasteiger partial charge in [0, 0.05) is 32.2 Å². The van der Waals surface area contributed by atoms with E-state index in [1.807, 2.05) is 25.7 Å². The highest BCUT2D eigenvalue weighted by molar-refractivity contribution is 5.96. The van der Waals surface area contributed by atoms with Crippen molar-refractivity contribution in [1.82, 2.24) is 15.1 Å². The van der Waals surface area contributed by atoms with Crippen molar-refractivity contribution in [3.8, 4) is 0 Å². The van der Waals surface area contributed by atoms with E-state index in [0.29, 0.717) is 19.0 Å². The Morgan fingerprint density at radius 1 is 1.07 bits per heavy atom. The van der Waals surface area contributed by atoms with Gasteiger partial charge in [0.25, 0.3) is 5.91 Å². The van der Waals surface area contributed by atoms with Crippen molar-refractivity contribution in [2.75, 3.05) is 32.7 Å². The van der Waals surface area contributed by atoms with Gasteiger partial charge in [-0.05, 0) is 25.0 Å². The molecule has 1 atom stereocenters. The molecule has 5 nitrogen and oxygen atoms in total. The first kappa shape index (κ1) is 21.2. The van der Waals surface area contributed by atoms with Gasteiger partial charge in [-0.15, -0.1) is 0 Å². The summed E-state index contributed by atoms with van der Waals surface area (Å²) in [6.07, 6.45) is -4.57. The molecular weight excluding hydrogens is 359 g/mol. The van der Waals surface area contributed by atoms with Crippen molar-refractivity contribution in [1.29, 1.82) is 0 Å². The molecule has 150 valence electrons. The topological polar surface area (TPSA) is 52.7 Å². The second kappa shape index (κ2) is 8.73. The highest BCUT2D eigenvalue weighted by Gasteiger charge is 2.36. The molecule has 1 saturated heterocycles. The Morgan fingerprint density at radius 3 is 2.22 bits per heavy atom. The van der Waals surface area contributed by atoms with Gasteiger partial charge in [0.05, 0.1) is 17.7 Å². The lowest BCUT2D eigenvalue weighted by Crippen LogP contribution is -2.52. The van der Waals surface area contributed by atoms with E-state index in [-0.39, 0.29) is 37.1 Å². The first-order valence-corrected chi connectivity index (χ1v) is 9.06. The fourth-order valence-electron chi connectivity index (χ4n) is 2.87. The molecule has 2 amide bonds. The van der Waals surface area contributed by atoms with Crippen LogP contribution in [0, 0.1) is 5.92 Å². The highest BCUT2D eigenvalue weighted by atomic mass is 19.4. The molecule has 1 aromatic rings. The molecule has 0 bridgehead atoms. The number of carbonyl (C=O) groups excluding carboxylic acids is 2. The smallest absolute Gasteiger partial charge is 0.352 e. The van der Waals surface area contributed by atoms with Crippen LogP contribution in [0.5, 0.6) is 0 Å². The Morgan fingerprint density at radius 2 is 1.67 bits per heavy atom. The molecule has 1 N–H and O–H groups in total. The Balaban J connectivity index is 1.93. The lowest BCUT2D eigenvalue weighted by Gasteiger charge is -2.35. The average Bonchev–Trinajstić information content (AvgIpc) is 2.60. The number of alkyl halides is 3. The number of rotatable bonds is 5. The van der Waals surface area contributed by atoms with E-state index in [9.17, 15) is 22.8 Å². The summed E-state index contributed by atoms with van der Waals surface area (Å²) in [5, 5.41) is 2.92. The van der Waals surface area contributed by atoms with Crippen molar-refractivity contribution in [2.45, 2.75) is 33.0 Å². The Labute approximate surface area is 157 Å². The minimum absolute atomic E-state index is 0.0687. The molecule has 1 heterocycles. The maximum Gasteiger partial charge on any atom is 0.417 e. The second-order valence-electron chi connectivity index (χ2n) is 7.21. The summed E-state index contributed by atoms with van der Waals surface area (Å²) in [6, 6.07) is 4.90. The molecule has 1 aromatic carbocycles. The maximum absolute atomic E-state index is 13.1. The number of hydrogen-bond donors (Lipinski definition) is 1. The van der Waals surface area contributed by atoms with Crippen molar-refractivity contribution in [2.24, 2.45) is 5.92 Å². The summed E-state index contributed by atoms with van der Waals surface area (Å²) in [7, 11) is 0. The quantitative estimate of drug-likeness (QED) is 0.848. The summed E-state index contributed by atoms with van der Waals surface area (Å²) < 4.78 is 39.4. The lowest BCUT2D eigenvalue weighted by atomic mass is 10.1. The number of amides is 2. The van der Waals surface area contributed by atoms with Crippen LogP contribution in [0.1, 0.15) is 36.7 Å². The third kappa shape index (κ3) is 5.69. The van der Waals surface area contributed by atoms with Gasteiger partial charge in [0.2, 0.25) is 5.91 Å². The average molecular weight is 385 g/mol. The zero-order chi connectivity index (χ0) is 20.2. The molecule has 2 rings (SSSR count). The monoisotopic (exact) mass is 385 g/mol. The van der Waals surface area contributed by atoms with Gasteiger partial charge in [-0.2, -0.15) is 13.2 Å². The third-order valence-corrected chi connectivity index (χ3v) is 4.88. The molecule has 0 radical (unpaired) electrons. The van der Waals surface area contributed by atoms with Gasteiger partial charge in [-0.1, -0.05) is 26.0 Å². The zero-order valence-corrected chi connectivity index (χ0v) is 15.8. The van der Waals surface area contributed by atoms with E-state index in [1.54, 1.807) is 0 Å². The van der Waals surface area contributed by atoms with Crippen molar-refractivity contribution in [3.05, 3.63) is 35.4 Å². The van der Waals surface area contributed by atoms with Gasteiger partial charge < -0.3 is 10.2 Å². The number of halogens is 3. The van der Waals surface area contributed by atoms with Gasteiger partial charge in [-0.3, -0.25) is 14.5 Å². The summed E-state index contributed by atoms with van der Waals surface area (Å²) in [5.74, 6) is -0.379. The molecule has 8 heteroatoms. The summed E-state index contributed by atoms with van der Waals surface area (Å²) >= 11 is 0. The van der Waals surface area contributed by atoms with Crippen molar-refractivity contribution in [3.63, 3.8) is 0 Å². The van der Waals surface area contributed by atoms with Crippen LogP contribution in [0.25, 0.3) is 0 Å². The van der Waals surface area contributed by atoms with E-state index in [0.717, 1.165) is 6.07 Å². The fourth-order valence-corrected chi connectivity index (χ4v) is 2.87. The highest BCUT2D eigenvalue weighted by Crippen LogP contribution is 2.32. The zero-order valence-electron chi connectivity index (χ0n) is 15.8. The van der Waals surface area contributed by atoms with Gasteiger partial charge in [-0.25, -0.2) is 0 Å². The van der Waals surface area contributed by atoms with E-state index >= 15 is 0 Å². The van der Waals surface area contributed by atoms with Crippen LogP contribution in [-0.2, 0) is 11.0 Å². The van der Waals surface area contributed by atoms with Crippen LogP contribution in [0.3, 0.4) is 0 Å². The largest absolute Gasteiger partial charge is 0.417 e.